The van der Waals surface area contributed by atoms with Crippen LogP contribution >= 0.6 is 0 Å². The summed E-state index contributed by atoms with van der Waals surface area (Å²) >= 11 is 0. The van der Waals surface area contributed by atoms with E-state index < -0.39 is 0 Å². The maximum atomic E-state index is 5.96. The summed E-state index contributed by atoms with van der Waals surface area (Å²) in [6, 6.07) is 21.6. The number of ether oxygens (including phenoxy) is 2. The predicted octanol–water partition coefficient (Wildman–Crippen LogP) is 5.43. The highest BCUT2D eigenvalue weighted by molar-refractivity contribution is 5.14. The van der Waals surface area contributed by atoms with Crippen LogP contribution in [0.5, 0.6) is 0 Å². The maximum Gasteiger partial charge on any atom is 0.0717 e. The Morgan fingerprint density at radius 3 is 1.31 bits per heavy atom. The Morgan fingerprint density at radius 1 is 0.594 bits per heavy atom. The molecule has 32 heavy (non-hydrogen) atoms. The average Bonchev–Trinajstić information content (AvgIpc) is 2.79. The molecule has 0 aliphatic heterocycles. The van der Waals surface area contributed by atoms with Crippen LogP contribution in [0.3, 0.4) is 0 Å². The van der Waals surface area contributed by atoms with Gasteiger partial charge in [-0.3, -0.25) is 0 Å². The molecule has 2 N–H and O–H groups in total. The minimum Gasteiger partial charge on any atom is -0.375 e. The summed E-state index contributed by atoms with van der Waals surface area (Å²) in [4.78, 5) is 0. The van der Waals surface area contributed by atoms with Crippen LogP contribution in [0.4, 0.5) is 0 Å². The summed E-state index contributed by atoms with van der Waals surface area (Å²) in [6.45, 7) is 13.9. The maximum absolute atomic E-state index is 5.96. The molecule has 0 amide bonds. The molecule has 2 unspecified atom stereocenters. The molecule has 0 radical (unpaired) electrons. The molecule has 0 saturated carbocycles. The molecule has 0 bridgehead atoms. The zero-order chi connectivity index (χ0) is 23.0. The SMILES string of the molecule is CC(C)C(COCc1ccccc1)NCCCCNC(COCc1ccccc1)C(C)C. The number of unbranched alkanes of at least 4 members (excludes halogenated alkanes) is 1. The van der Waals surface area contributed by atoms with Gasteiger partial charge in [0.15, 0.2) is 0 Å². The monoisotopic (exact) mass is 440 g/mol. The van der Waals surface area contributed by atoms with Crippen LogP contribution < -0.4 is 10.6 Å². The Hall–Kier alpha value is -1.72. The molecule has 178 valence electrons. The van der Waals surface area contributed by atoms with Gasteiger partial charge >= 0.3 is 0 Å². The quantitative estimate of drug-likeness (QED) is 0.322. The molecule has 2 aromatic carbocycles. The summed E-state index contributed by atoms with van der Waals surface area (Å²) in [7, 11) is 0. The second-order valence-corrected chi connectivity index (χ2v) is 9.32. The van der Waals surface area contributed by atoms with Gasteiger partial charge in [0.1, 0.15) is 0 Å². The van der Waals surface area contributed by atoms with Gasteiger partial charge in [0.25, 0.3) is 0 Å². The topological polar surface area (TPSA) is 42.5 Å². The van der Waals surface area contributed by atoms with E-state index in [0.29, 0.717) is 37.1 Å². The standard InChI is InChI=1S/C28H44N2O2/c1-23(2)27(21-31-19-25-13-7-5-8-14-25)29-17-11-12-18-30-28(24(3)4)22-32-20-26-15-9-6-10-16-26/h5-10,13-16,23-24,27-30H,11-12,17-22H2,1-4H3. The zero-order valence-corrected chi connectivity index (χ0v) is 20.6. The first-order chi connectivity index (χ1) is 15.6. The number of hydrogen-bond acceptors (Lipinski definition) is 4. The third-order valence-electron chi connectivity index (χ3n) is 5.84. The summed E-state index contributed by atoms with van der Waals surface area (Å²) in [5.74, 6) is 1.10. The number of benzene rings is 2. The minimum absolute atomic E-state index is 0.390. The van der Waals surface area contributed by atoms with E-state index in [1.165, 1.54) is 11.1 Å². The fourth-order valence-corrected chi connectivity index (χ4v) is 3.56. The normalized spacial score (nSPS) is 13.6. The van der Waals surface area contributed by atoms with E-state index >= 15 is 0 Å². The van der Waals surface area contributed by atoms with E-state index in [-0.39, 0.29) is 0 Å². The van der Waals surface area contributed by atoms with Gasteiger partial charge in [-0.25, -0.2) is 0 Å². The molecule has 4 nitrogen and oxygen atoms in total. The Balaban J connectivity index is 1.56. The minimum atomic E-state index is 0.390. The number of hydrogen-bond donors (Lipinski definition) is 2. The van der Waals surface area contributed by atoms with Gasteiger partial charge < -0.3 is 20.1 Å². The van der Waals surface area contributed by atoms with E-state index in [4.69, 9.17) is 9.47 Å². The van der Waals surface area contributed by atoms with Crippen molar-refractivity contribution in [2.45, 2.75) is 65.8 Å². The van der Waals surface area contributed by atoms with Gasteiger partial charge in [-0.05, 0) is 48.9 Å². The van der Waals surface area contributed by atoms with Gasteiger partial charge in [-0.1, -0.05) is 88.4 Å². The highest BCUT2D eigenvalue weighted by Gasteiger charge is 2.14. The molecule has 0 saturated heterocycles. The summed E-state index contributed by atoms with van der Waals surface area (Å²) in [5, 5.41) is 7.38. The molecule has 0 fully saturated rings. The van der Waals surface area contributed by atoms with Gasteiger partial charge in [-0.15, -0.1) is 0 Å². The first-order valence-corrected chi connectivity index (χ1v) is 12.3. The van der Waals surface area contributed by atoms with E-state index in [9.17, 15) is 0 Å². The number of rotatable bonds is 17. The Morgan fingerprint density at radius 2 is 0.969 bits per heavy atom. The van der Waals surface area contributed by atoms with Crippen molar-refractivity contribution in [1.29, 1.82) is 0 Å². The molecule has 0 spiro atoms. The largest absolute Gasteiger partial charge is 0.375 e. The molecular formula is C28H44N2O2. The first kappa shape index (κ1) is 26.5. The lowest BCUT2D eigenvalue weighted by molar-refractivity contribution is 0.0848. The Bertz CT molecular complexity index is 630. The summed E-state index contributed by atoms with van der Waals surface area (Å²) in [5.41, 5.74) is 2.46. The fraction of sp³-hybridized carbons (Fsp3) is 0.571. The van der Waals surface area contributed by atoms with Crippen LogP contribution in [-0.2, 0) is 22.7 Å². The van der Waals surface area contributed by atoms with Crippen LogP contribution in [0.15, 0.2) is 60.7 Å². The molecule has 0 heterocycles. The molecule has 0 aromatic heterocycles. The van der Waals surface area contributed by atoms with Gasteiger partial charge in [-0.2, -0.15) is 0 Å². The highest BCUT2D eigenvalue weighted by atomic mass is 16.5. The van der Waals surface area contributed by atoms with Crippen molar-refractivity contribution >= 4 is 0 Å². The van der Waals surface area contributed by atoms with Crippen molar-refractivity contribution in [3.63, 3.8) is 0 Å². The smallest absolute Gasteiger partial charge is 0.0717 e. The lowest BCUT2D eigenvalue weighted by atomic mass is 10.0. The van der Waals surface area contributed by atoms with Crippen molar-refractivity contribution in [1.82, 2.24) is 10.6 Å². The summed E-state index contributed by atoms with van der Waals surface area (Å²) < 4.78 is 11.9. The molecule has 4 heteroatoms. The fourth-order valence-electron chi connectivity index (χ4n) is 3.56. The average molecular weight is 441 g/mol. The molecule has 0 aliphatic carbocycles. The summed E-state index contributed by atoms with van der Waals surface area (Å²) in [6.07, 6.45) is 2.31. The lowest BCUT2D eigenvalue weighted by Gasteiger charge is -2.24. The first-order valence-electron chi connectivity index (χ1n) is 12.3. The third kappa shape index (κ3) is 11.2. The van der Waals surface area contributed by atoms with Crippen molar-refractivity contribution < 1.29 is 9.47 Å². The van der Waals surface area contributed by atoms with Crippen LogP contribution in [0.1, 0.15) is 51.7 Å². The van der Waals surface area contributed by atoms with Crippen molar-refractivity contribution in [3.8, 4) is 0 Å². The molecule has 2 aromatic rings. The van der Waals surface area contributed by atoms with Gasteiger partial charge in [0, 0.05) is 12.1 Å². The second-order valence-electron chi connectivity index (χ2n) is 9.32. The molecule has 2 rings (SSSR count). The van der Waals surface area contributed by atoms with E-state index in [1.54, 1.807) is 0 Å². The predicted molar refractivity (Wildman–Crippen MR) is 135 cm³/mol. The van der Waals surface area contributed by atoms with Crippen LogP contribution in [0, 0.1) is 11.8 Å². The Kier molecular flexibility index (Phi) is 13.2. The molecule has 0 aliphatic rings. The Labute approximate surface area is 196 Å². The van der Waals surface area contributed by atoms with Crippen LogP contribution in [0.25, 0.3) is 0 Å². The van der Waals surface area contributed by atoms with Gasteiger partial charge in [0.05, 0.1) is 26.4 Å². The van der Waals surface area contributed by atoms with E-state index in [1.807, 2.05) is 12.1 Å². The van der Waals surface area contributed by atoms with E-state index in [2.05, 4.69) is 86.9 Å². The lowest BCUT2D eigenvalue weighted by Crippen LogP contribution is -2.40. The second kappa shape index (κ2) is 16.0. The van der Waals surface area contributed by atoms with Crippen molar-refractivity contribution in [2.75, 3.05) is 26.3 Å². The molecule has 2 atom stereocenters. The van der Waals surface area contributed by atoms with E-state index in [0.717, 1.165) is 39.1 Å². The number of nitrogens with one attached hydrogen (secondary N) is 2. The third-order valence-corrected chi connectivity index (χ3v) is 5.84. The van der Waals surface area contributed by atoms with Crippen molar-refractivity contribution in [3.05, 3.63) is 71.8 Å². The van der Waals surface area contributed by atoms with Crippen LogP contribution in [-0.4, -0.2) is 38.4 Å². The van der Waals surface area contributed by atoms with Gasteiger partial charge in [0.2, 0.25) is 0 Å². The van der Waals surface area contributed by atoms with Crippen molar-refractivity contribution in [2.24, 2.45) is 11.8 Å². The van der Waals surface area contributed by atoms with Crippen LogP contribution in [0.2, 0.25) is 0 Å². The molecular weight excluding hydrogens is 396 g/mol. The zero-order valence-electron chi connectivity index (χ0n) is 20.6. The highest BCUT2D eigenvalue weighted by Crippen LogP contribution is 2.08.